The van der Waals surface area contributed by atoms with E-state index in [1.807, 2.05) is 6.07 Å². The second-order valence-electron chi connectivity index (χ2n) is 4.24. The van der Waals surface area contributed by atoms with E-state index in [-0.39, 0.29) is 11.9 Å². The number of halogens is 1. The van der Waals surface area contributed by atoms with Crippen molar-refractivity contribution in [1.82, 2.24) is 4.90 Å². The molecule has 4 heteroatoms. The maximum atomic E-state index is 9.65. The standard InChI is InChI=1S/C12H16ClNO2/c1-14-4-3-8-5-10(13)11(15)6-9(8)12(7-14)16-2/h5-6,12,15H,3-4,7H2,1-2H3. The summed E-state index contributed by atoms with van der Waals surface area (Å²) in [5.74, 6) is 0.131. The van der Waals surface area contributed by atoms with Crippen molar-refractivity contribution in [1.29, 1.82) is 0 Å². The lowest BCUT2D eigenvalue weighted by Gasteiger charge is -2.20. The van der Waals surface area contributed by atoms with Crippen LogP contribution < -0.4 is 0 Å². The predicted molar refractivity (Wildman–Crippen MR) is 64.1 cm³/mol. The minimum absolute atomic E-state index is 0.00525. The third-order valence-electron chi connectivity index (χ3n) is 3.08. The lowest BCUT2D eigenvalue weighted by atomic mass is 10.0. The van der Waals surface area contributed by atoms with Crippen LogP contribution in [0.25, 0.3) is 0 Å². The Labute approximate surface area is 101 Å². The van der Waals surface area contributed by atoms with Gasteiger partial charge in [-0.15, -0.1) is 0 Å². The molecule has 1 heterocycles. The summed E-state index contributed by atoms with van der Waals surface area (Å²) in [6.45, 7) is 1.82. The molecule has 3 nitrogen and oxygen atoms in total. The molecule has 0 spiro atoms. The molecular weight excluding hydrogens is 226 g/mol. The minimum atomic E-state index is 0.00525. The SMILES string of the molecule is COC1CN(C)CCc2cc(Cl)c(O)cc21. The van der Waals surface area contributed by atoms with Crippen molar-refractivity contribution in [2.45, 2.75) is 12.5 Å². The van der Waals surface area contributed by atoms with Crippen LogP contribution in [-0.4, -0.2) is 37.3 Å². The van der Waals surface area contributed by atoms with Gasteiger partial charge in [-0.1, -0.05) is 11.6 Å². The number of ether oxygens (including phenoxy) is 1. The second-order valence-corrected chi connectivity index (χ2v) is 4.65. The molecule has 0 fully saturated rings. The molecule has 2 rings (SSSR count). The average molecular weight is 242 g/mol. The first-order valence-corrected chi connectivity index (χ1v) is 5.72. The van der Waals surface area contributed by atoms with Gasteiger partial charge in [0.1, 0.15) is 5.75 Å². The summed E-state index contributed by atoms with van der Waals surface area (Å²) in [7, 11) is 3.76. The zero-order chi connectivity index (χ0) is 11.7. The highest BCUT2D eigenvalue weighted by atomic mass is 35.5. The third kappa shape index (κ3) is 2.17. The first-order chi connectivity index (χ1) is 7.61. The number of methoxy groups -OCH3 is 1. The molecule has 1 aromatic carbocycles. The predicted octanol–water partition coefficient (Wildman–Crippen LogP) is 2.22. The van der Waals surface area contributed by atoms with Gasteiger partial charge in [-0.25, -0.2) is 0 Å². The number of nitrogens with zero attached hydrogens (tertiary/aromatic N) is 1. The molecule has 0 saturated heterocycles. The Morgan fingerprint density at radius 2 is 2.25 bits per heavy atom. The van der Waals surface area contributed by atoms with E-state index in [0.29, 0.717) is 5.02 Å². The number of phenols is 1. The number of rotatable bonds is 1. The molecule has 1 aliphatic heterocycles. The van der Waals surface area contributed by atoms with Crippen LogP contribution in [0.3, 0.4) is 0 Å². The Bertz CT molecular complexity index is 395. The Hall–Kier alpha value is -0.770. The van der Waals surface area contributed by atoms with Crippen LogP contribution in [0.2, 0.25) is 5.02 Å². The maximum absolute atomic E-state index is 9.65. The fourth-order valence-electron chi connectivity index (χ4n) is 2.12. The van der Waals surface area contributed by atoms with Gasteiger partial charge in [0, 0.05) is 20.2 Å². The molecule has 0 amide bonds. The lowest BCUT2D eigenvalue weighted by molar-refractivity contribution is 0.0760. The lowest BCUT2D eigenvalue weighted by Crippen LogP contribution is -2.24. The van der Waals surface area contributed by atoms with Crippen LogP contribution in [0.15, 0.2) is 12.1 Å². The molecule has 1 aromatic rings. The van der Waals surface area contributed by atoms with Gasteiger partial charge < -0.3 is 14.7 Å². The van der Waals surface area contributed by atoms with Gasteiger partial charge in [0.15, 0.2) is 0 Å². The van der Waals surface area contributed by atoms with Crippen LogP contribution in [0, 0.1) is 0 Å². The molecule has 1 unspecified atom stereocenters. The molecule has 0 saturated carbocycles. The fourth-order valence-corrected chi connectivity index (χ4v) is 2.31. The summed E-state index contributed by atoms with van der Waals surface area (Å²) in [5, 5.41) is 10.1. The number of likely N-dealkylation sites (N-methyl/N-ethyl adjacent to an activating group) is 1. The largest absolute Gasteiger partial charge is 0.506 e. The van der Waals surface area contributed by atoms with Crippen LogP contribution >= 0.6 is 11.6 Å². The Kier molecular flexibility index (Phi) is 3.38. The van der Waals surface area contributed by atoms with Gasteiger partial charge in [0.25, 0.3) is 0 Å². The second kappa shape index (κ2) is 4.62. The number of phenolic OH excluding ortho intramolecular Hbond substituents is 1. The van der Waals surface area contributed by atoms with E-state index in [2.05, 4.69) is 11.9 Å². The molecule has 88 valence electrons. The third-order valence-corrected chi connectivity index (χ3v) is 3.38. The molecule has 16 heavy (non-hydrogen) atoms. The monoisotopic (exact) mass is 241 g/mol. The molecule has 0 aromatic heterocycles. The Morgan fingerprint density at radius 3 is 2.94 bits per heavy atom. The topological polar surface area (TPSA) is 32.7 Å². The van der Waals surface area contributed by atoms with Crippen molar-refractivity contribution in [3.63, 3.8) is 0 Å². The summed E-state index contributed by atoms with van der Waals surface area (Å²) in [6, 6.07) is 3.57. The van der Waals surface area contributed by atoms with Crippen molar-refractivity contribution in [3.05, 3.63) is 28.3 Å². The summed E-state index contributed by atoms with van der Waals surface area (Å²) in [5.41, 5.74) is 2.22. The van der Waals surface area contributed by atoms with Gasteiger partial charge in [-0.05, 0) is 36.7 Å². The van der Waals surface area contributed by atoms with Gasteiger partial charge in [-0.2, -0.15) is 0 Å². The van der Waals surface area contributed by atoms with E-state index in [1.54, 1.807) is 13.2 Å². The first-order valence-electron chi connectivity index (χ1n) is 5.34. The minimum Gasteiger partial charge on any atom is -0.506 e. The van der Waals surface area contributed by atoms with E-state index in [0.717, 1.165) is 25.1 Å². The zero-order valence-corrected chi connectivity index (χ0v) is 10.3. The zero-order valence-electron chi connectivity index (χ0n) is 9.53. The van der Waals surface area contributed by atoms with Crippen LogP contribution in [0.1, 0.15) is 17.2 Å². The van der Waals surface area contributed by atoms with Crippen LogP contribution in [0.5, 0.6) is 5.75 Å². The van der Waals surface area contributed by atoms with Gasteiger partial charge in [0.2, 0.25) is 0 Å². The van der Waals surface area contributed by atoms with E-state index in [4.69, 9.17) is 16.3 Å². The number of hydrogen-bond donors (Lipinski definition) is 1. The number of fused-ring (bicyclic) bond motifs is 1. The average Bonchev–Trinajstić information content (AvgIpc) is 2.40. The normalized spacial score (nSPS) is 21.6. The number of benzene rings is 1. The molecule has 1 aliphatic rings. The summed E-state index contributed by atoms with van der Waals surface area (Å²) >= 11 is 5.92. The Balaban J connectivity index is 2.45. The smallest absolute Gasteiger partial charge is 0.134 e. The molecular formula is C12H16ClNO2. The van der Waals surface area contributed by atoms with Crippen molar-refractivity contribution in [2.24, 2.45) is 0 Å². The summed E-state index contributed by atoms with van der Waals surface area (Å²) < 4.78 is 5.47. The maximum Gasteiger partial charge on any atom is 0.134 e. The van der Waals surface area contributed by atoms with E-state index in [9.17, 15) is 5.11 Å². The number of hydrogen-bond acceptors (Lipinski definition) is 3. The molecule has 1 atom stereocenters. The Morgan fingerprint density at radius 1 is 1.50 bits per heavy atom. The van der Waals surface area contributed by atoms with E-state index in [1.165, 1.54) is 5.56 Å². The van der Waals surface area contributed by atoms with E-state index >= 15 is 0 Å². The van der Waals surface area contributed by atoms with Gasteiger partial charge >= 0.3 is 0 Å². The summed E-state index contributed by atoms with van der Waals surface area (Å²) in [6.07, 6.45) is 0.941. The van der Waals surface area contributed by atoms with Gasteiger partial charge in [-0.3, -0.25) is 0 Å². The van der Waals surface area contributed by atoms with Crippen molar-refractivity contribution in [2.75, 3.05) is 27.2 Å². The van der Waals surface area contributed by atoms with E-state index < -0.39 is 0 Å². The van der Waals surface area contributed by atoms with Crippen molar-refractivity contribution in [3.8, 4) is 5.75 Å². The van der Waals surface area contributed by atoms with Crippen LogP contribution in [-0.2, 0) is 11.2 Å². The first kappa shape index (κ1) is 11.7. The summed E-state index contributed by atoms with van der Waals surface area (Å²) in [4.78, 5) is 2.22. The highest BCUT2D eigenvalue weighted by Gasteiger charge is 2.22. The molecule has 0 bridgehead atoms. The van der Waals surface area contributed by atoms with Crippen molar-refractivity contribution < 1.29 is 9.84 Å². The molecule has 0 aliphatic carbocycles. The van der Waals surface area contributed by atoms with Crippen molar-refractivity contribution >= 4 is 11.6 Å². The molecule has 1 N–H and O–H groups in total. The highest BCUT2D eigenvalue weighted by Crippen LogP contribution is 2.33. The quantitative estimate of drug-likeness (QED) is 0.819. The highest BCUT2D eigenvalue weighted by molar-refractivity contribution is 6.32. The van der Waals surface area contributed by atoms with Gasteiger partial charge in [0.05, 0.1) is 11.1 Å². The fraction of sp³-hybridized carbons (Fsp3) is 0.500. The number of aromatic hydroxyl groups is 1. The molecule has 0 radical (unpaired) electrons. The van der Waals surface area contributed by atoms with Crippen LogP contribution in [0.4, 0.5) is 0 Å².